The van der Waals surface area contributed by atoms with Crippen LogP contribution < -0.4 is 10.5 Å². The molecular formula is C31H36N4O3. The topological polar surface area (TPSA) is 107 Å². The molecule has 2 aliphatic heterocycles. The van der Waals surface area contributed by atoms with Crippen LogP contribution >= 0.6 is 0 Å². The summed E-state index contributed by atoms with van der Waals surface area (Å²) >= 11 is 0. The number of amidine groups is 1. The summed E-state index contributed by atoms with van der Waals surface area (Å²) in [4.78, 5) is 10.8. The van der Waals surface area contributed by atoms with Gasteiger partial charge in [-0.25, -0.2) is 0 Å². The highest BCUT2D eigenvalue weighted by molar-refractivity contribution is 5.89. The maximum atomic E-state index is 13.0. The standard InChI is InChI=1S/C31H36N4O3/c1-2-10-33-25(32)13-18-5-7-22-20(12-18)21-15-31(37)24-14-19-6-8-23(36)28-26(19)30(31,29(38-28)27(21)34-22)9-11-35(24)16-17-3-4-17/h5-8,12,17,24,29,34,36-37H,2-4,9-11,13-16H2,1H3,(H2,32,33)/t24?,29?,30-,31+/m0/s1. The second kappa shape index (κ2) is 7.76. The number of nitrogens with zero attached hydrogens (tertiary/aromatic N) is 2. The molecule has 2 unspecified atom stereocenters. The lowest BCUT2D eigenvalue weighted by Gasteiger charge is -2.62. The van der Waals surface area contributed by atoms with Gasteiger partial charge in [-0.2, -0.15) is 0 Å². The number of hydrogen-bond donors (Lipinski definition) is 4. The van der Waals surface area contributed by atoms with Crippen molar-refractivity contribution in [3.8, 4) is 11.5 Å². The van der Waals surface area contributed by atoms with Gasteiger partial charge in [-0.05, 0) is 79.5 Å². The molecule has 8 rings (SSSR count). The van der Waals surface area contributed by atoms with Gasteiger partial charge < -0.3 is 25.7 Å². The van der Waals surface area contributed by atoms with Crippen LogP contribution in [0, 0.1) is 5.92 Å². The highest BCUT2D eigenvalue weighted by atomic mass is 16.5. The molecule has 0 radical (unpaired) electrons. The van der Waals surface area contributed by atoms with Crippen molar-refractivity contribution in [1.29, 1.82) is 0 Å². The van der Waals surface area contributed by atoms with E-state index in [0.717, 1.165) is 78.1 Å². The number of aromatic hydroxyl groups is 1. The number of nitrogens with two attached hydrogens (primary N) is 1. The average Bonchev–Trinajstić information content (AvgIpc) is 3.54. The Balaban J connectivity index is 1.29. The predicted molar refractivity (Wildman–Crippen MR) is 147 cm³/mol. The van der Waals surface area contributed by atoms with Crippen molar-refractivity contribution in [3.05, 3.63) is 58.3 Å². The number of aliphatic imine (C=N–C) groups is 1. The van der Waals surface area contributed by atoms with Gasteiger partial charge in [0.05, 0.1) is 22.5 Å². The second-order valence-corrected chi connectivity index (χ2v) is 12.4. The Morgan fingerprint density at radius 3 is 2.95 bits per heavy atom. The lowest BCUT2D eigenvalue weighted by molar-refractivity contribution is -0.173. The molecule has 1 saturated heterocycles. The average molecular weight is 513 g/mol. The fourth-order valence-electron chi connectivity index (χ4n) is 8.30. The number of fused-ring (bicyclic) bond motifs is 4. The van der Waals surface area contributed by atoms with Gasteiger partial charge in [0.2, 0.25) is 0 Å². The van der Waals surface area contributed by atoms with Gasteiger partial charge >= 0.3 is 0 Å². The molecule has 7 heteroatoms. The van der Waals surface area contributed by atoms with E-state index in [0.29, 0.717) is 24.4 Å². The molecule has 2 bridgehead atoms. The number of nitrogens with one attached hydrogen (secondary N) is 1. The molecule has 4 atom stereocenters. The van der Waals surface area contributed by atoms with Crippen molar-refractivity contribution in [1.82, 2.24) is 9.88 Å². The van der Waals surface area contributed by atoms with Crippen LogP contribution in [0.1, 0.15) is 66.7 Å². The van der Waals surface area contributed by atoms with Crippen LogP contribution in [0.25, 0.3) is 10.9 Å². The van der Waals surface area contributed by atoms with Crippen LogP contribution in [0.4, 0.5) is 0 Å². The number of rotatable bonds is 6. The summed E-state index contributed by atoms with van der Waals surface area (Å²) in [6.45, 7) is 4.87. The van der Waals surface area contributed by atoms with Gasteiger partial charge in [0, 0.05) is 48.4 Å². The molecule has 3 aromatic rings. The number of phenolic OH excluding ortho intramolecular Hbond substituents is 1. The highest BCUT2D eigenvalue weighted by Crippen LogP contribution is 2.69. The van der Waals surface area contributed by atoms with Crippen molar-refractivity contribution in [2.24, 2.45) is 16.6 Å². The third-order valence-corrected chi connectivity index (χ3v) is 10.1. The first-order chi connectivity index (χ1) is 18.4. The van der Waals surface area contributed by atoms with Gasteiger partial charge in [0.1, 0.15) is 0 Å². The molecule has 38 heavy (non-hydrogen) atoms. The molecule has 5 aliphatic rings. The van der Waals surface area contributed by atoms with Crippen LogP contribution in [0.5, 0.6) is 11.5 Å². The van der Waals surface area contributed by atoms with E-state index in [9.17, 15) is 10.2 Å². The third-order valence-electron chi connectivity index (χ3n) is 10.1. The number of aromatic amines is 1. The monoisotopic (exact) mass is 512 g/mol. The first-order valence-electron chi connectivity index (χ1n) is 14.3. The summed E-state index contributed by atoms with van der Waals surface area (Å²) in [7, 11) is 0. The second-order valence-electron chi connectivity index (χ2n) is 12.4. The molecule has 5 N–H and O–H groups in total. The number of phenols is 1. The lowest BCUT2D eigenvalue weighted by Crippen LogP contribution is -2.74. The van der Waals surface area contributed by atoms with Gasteiger partial charge in [-0.3, -0.25) is 9.89 Å². The smallest absolute Gasteiger partial charge is 0.166 e. The van der Waals surface area contributed by atoms with Gasteiger partial charge in [0.25, 0.3) is 0 Å². The molecule has 3 heterocycles. The van der Waals surface area contributed by atoms with Crippen molar-refractivity contribution < 1.29 is 14.9 Å². The zero-order chi connectivity index (χ0) is 25.8. The minimum absolute atomic E-state index is 0.0315. The molecule has 2 fully saturated rings. The van der Waals surface area contributed by atoms with Gasteiger partial charge in [-0.1, -0.05) is 19.1 Å². The first kappa shape index (κ1) is 22.9. The van der Waals surface area contributed by atoms with Crippen molar-refractivity contribution in [2.75, 3.05) is 19.6 Å². The number of ether oxygens (including phenoxy) is 1. The maximum absolute atomic E-state index is 13.0. The number of benzene rings is 2. The fourth-order valence-corrected chi connectivity index (χ4v) is 8.30. The number of hydrogen-bond acceptors (Lipinski definition) is 5. The Hall–Kier alpha value is -3.03. The Morgan fingerprint density at radius 1 is 1.26 bits per heavy atom. The molecular weight excluding hydrogens is 476 g/mol. The molecule has 7 nitrogen and oxygen atoms in total. The predicted octanol–water partition coefficient (Wildman–Crippen LogP) is 3.88. The van der Waals surface area contributed by atoms with Crippen LogP contribution in [0.3, 0.4) is 0 Å². The molecule has 0 amide bonds. The first-order valence-corrected chi connectivity index (χ1v) is 14.3. The van der Waals surface area contributed by atoms with Crippen LogP contribution in [-0.4, -0.2) is 57.2 Å². The SMILES string of the molecule is CCCN=C(N)Cc1ccc2[nH]c3c(c2c1)C[C@@]1(O)C2Cc4ccc(O)c5c4[C@@]1(CCN2CC1CC1)C3O5. The zero-order valence-corrected chi connectivity index (χ0v) is 22.0. The molecule has 198 valence electrons. The minimum Gasteiger partial charge on any atom is -0.504 e. The van der Waals surface area contributed by atoms with Crippen LogP contribution in [0.15, 0.2) is 35.3 Å². The Labute approximate surface area is 222 Å². The van der Waals surface area contributed by atoms with E-state index < -0.39 is 11.0 Å². The van der Waals surface area contributed by atoms with E-state index in [-0.39, 0.29) is 17.9 Å². The number of H-pyrrole nitrogens is 1. The molecule has 1 saturated carbocycles. The summed E-state index contributed by atoms with van der Waals surface area (Å²) in [5, 5.41) is 25.0. The van der Waals surface area contributed by atoms with E-state index in [2.05, 4.69) is 46.1 Å². The van der Waals surface area contributed by atoms with Crippen molar-refractivity contribution in [3.63, 3.8) is 0 Å². The van der Waals surface area contributed by atoms with E-state index in [1.807, 2.05) is 0 Å². The fraction of sp³-hybridized carbons (Fsp3) is 0.516. The maximum Gasteiger partial charge on any atom is 0.166 e. The highest BCUT2D eigenvalue weighted by Gasteiger charge is 2.72. The normalized spacial score (nSPS) is 31.3. The Morgan fingerprint density at radius 2 is 2.13 bits per heavy atom. The number of likely N-dealkylation sites (tertiary alicyclic amines) is 1. The van der Waals surface area contributed by atoms with Crippen LogP contribution in [0.2, 0.25) is 0 Å². The van der Waals surface area contributed by atoms with E-state index in [4.69, 9.17) is 10.5 Å². The zero-order valence-electron chi connectivity index (χ0n) is 22.0. The van der Waals surface area contributed by atoms with Crippen LogP contribution in [-0.2, 0) is 24.7 Å². The summed E-state index contributed by atoms with van der Waals surface area (Å²) in [5.74, 6) is 2.17. The van der Waals surface area contributed by atoms with Crippen molar-refractivity contribution >= 4 is 16.7 Å². The van der Waals surface area contributed by atoms with Gasteiger partial charge in [0.15, 0.2) is 17.6 Å². The summed E-state index contributed by atoms with van der Waals surface area (Å²) in [6, 6.07) is 10.3. The Bertz CT molecular complexity index is 1510. The van der Waals surface area contributed by atoms with Gasteiger partial charge in [-0.15, -0.1) is 0 Å². The lowest BCUT2D eigenvalue weighted by atomic mass is 9.49. The summed E-state index contributed by atoms with van der Waals surface area (Å²) in [6.07, 6.45) is 6.03. The molecule has 1 aromatic heterocycles. The largest absolute Gasteiger partial charge is 0.504 e. The minimum atomic E-state index is -0.976. The number of piperidine rings is 1. The van der Waals surface area contributed by atoms with E-state index in [1.54, 1.807) is 6.07 Å². The number of aromatic nitrogens is 1. The molecule has 3 aliphatic carbocycles. The number of aliphatic hydroxyl groups is 1. The summed E-state index contributed by atoms with van der Waals surface area (Å²) in [5.41, 5.74) is 11.3. The summed E-state index contributed by atoms with van der Waals surface area (Å²) < 4.78 is 6.70. The molecule has 1 spiro atoms. The van der Waals surface area contributed by atoms with Crippen molar-refractivity contribution in [2.45, 2.75) is 75.0 Å². The third kappa shape index (κ3) is 2.89. The van der Waals surface area contributed by atoms with E-state index in [1.165, 1.54) is 18.4 Å². The Kier molecular flexibility index (Phi) is 4.68. The molecule has 2 aromatic carbocycles. The quantitative estimate of drug-likeness (QED) is 0.296. The van der Waals surface area contributed by atoms with E-state index >= 15 is 0 Å².